The van der Waals surface area contributed by atoms with Gasteiger partial charge in [0.2, 0.25) is 0 Å². The van der Waals surface area contributed by atoms with Crippen LogP contribution in [0.1, 0.15) is 21.5 Å². The van der Waals surface area contributed by atoms with E-state index in [1.807, 2.05) is 59.5 Å². The summed E-state index contributed by atoms with van der Waals surface area (Å²) in [5, 5.41) is 10.5. The first-order valence-electron chi connectivity index (χ1n) is 12.0. The third kappa shape index (κ3) is 5.33. The first-order chi connectivity index (χ1) is 17.5. The molecule has 0 N–H and O–H groups in total. The molecule has 5 rings (SSSR count). The SMILES string of the molecule is Cc1cccc(-n2c(SCc3ccc(C(=O)N4CCN(C)CC4)cc3)nnc2-c2ccccc2Cl)c1. The molecule has 0 atom stereocenters. The summed E-state index contributed by atoms with van der Waals surface area (Å²) in [5.41, 5.74) is 4.84. The lowest BCUT2D eigenvalue weighted by Gasteiger charge is -2.32. The van der Waals surface area contributed by atoms with Crippen LogP contribution in [0.2, 0.25) is 5.02 Å². The summed E-state index contributed by atoms with van der Waals surface area (Å²) in [6.45, 7) is 5.45. The standard InChI is InChI=1S/C28H28ClN5OS/c1-20-6-5-7-23(18-20)34-26(24-8-3-4-9-25(24)29)30-31-28(34)36-19-21-10-12-22(13-11-21)27(35)33-16-14-32(2)15-17-33/h3-13,18H,14-17,19H2,1-2H3. The van der Waals surface area contributed by atoms with Crippen molar-refractivity contribution >= 4 is 29.3 Å². The molecule has 0 bridgehead atoms. The van der Waals surface area contributed by atoms with Crippen molar-refractivity contribution in [2.24, 2.45) is 0 Å². The molecule has 184 valence electrons. The van der Waals surface area contributed by atoms with Crippen molar-refractivity contribution in [2.75, 3.05) is 33.2 Å². The molecule has 0 aliphatic carbocycles. The van der Waals surface area contributed by atoms with Crippen LogP contribution in [0.4, 0.5) is 0 Å². The number of carbonyl (C=O) groups is 1. The highest BCUT2D eigenvalue weighted by Crippen LogP contribution is 2.33. The monoisotopic (exact) mass is 517 g/mol. The van der Waals surface area contributed by atoms with Gasteiger partial charge in [0.1, 0.15) is 0 Å². The summed E-state index contributed by atoms with van der Waals surface area (Å²) in [4.78, 5) is 17.0. The second-order valence-corrected chi connectivity index (χ2v) is 10.4. The average molecular weight is 518 g/mol. The Morgan fingerprint density at radius 3 is 2.42 bits per heavy atom. The van der Waals surface area contributed by atoms with Crippen LogP contribution >= 0.6 is 23.4 Å². The largest absolute Gasteiger partial charge is 0.336 e. The summed E-state index contributed by atoms with van der Waals surface area (Å²) in [7, 11) is 2.09. The Morgan fingerprint density at radius 1 is 0.944 bits per heavy atom. The number of carbonyl (C=O) groups excluding carboxylic acids is 1. The zero-order chi connectivity index (χ0) is 25.1. The third-order valence-electron chi connectivity index (χ3n) is 6.37. The Labute approximate surface area is 220 Å². The minimum atomic E-state index is 0.103. The zero-order valence-corrected chi connectivity index (χ0v) is 22.0. The first-order valence-corrected chi connectivity index (χ1v) is 13.3. The average Bonchev–Trinajstić information content (AvgIpc) is 3.32. The van der Waals surface area contributed by atoms with Gasteiger partial charge in [-0.25, -0.2) is 0 Å². The molecule has 3 aromatic carbocycles. The molecule has 8 heteroatoms. The minimum Gasteiger partial charge on any atom is -0.336 e. The van der Waals surface area contributed by atoms with E-state index in [1.54, 1.807) is 11.8 Å². The highest BCUT2D eigenvalue weighted by atomic mass is 35.5. The fourth-order valence-electron chi connectivity index (χ4n) is 4.26. The Morgan fingerprint density at radius 2 is 1.69 bits per heavy atom. The molecule has 1 saturated heterocycles. The van der Waals surface area contributed by atoms with Crippen LogP contribution in [-0.2, 0) is 5.75 Å². The van der Waals surface area contributed by atoms with E-state index in [0.29, 0.717) is 16.6 Å². The molecule has 4 aromatic rings. The molecule has 36 heavy (non-hydrogen) atoms. The molecule has 1 aromatic heterocycles. The Balaban J connectivity index is 1.36. The summed E-state index contributed by atoms with van der Waals surface area (Å²) in [6.07, 6.45) is 0. The molecule has 1 aliphatic heterocycles. The fraction of sp³-hybridized carbons (Fsp3) is 0.250. The van der Waals surface area contributed by atoms with E-state index < -0.39 is 0 Å². The first kappa shape index (κ1) is 24.6. The van der Waals surface area contributed by atoms with Gasteiger partial charge in [0.25, 0.3) is 5.91 Å². The lowest BCUT2D eigenvalue weighted by Crippen LogP contribution is -2.47. The summed E-state index contributed by atoms with van der Waals surface area (Å²) in [6, 6.07) is 23.9. The predicted molar refractivity (Wildman–Crippen MR) is 146 cm³/mol. The van der Waals surface area contributed by atoms with E-state index in [2.05, 4.69) is 51.8 Å². The van der Waals surface area contributed by atoms with E-state index in [-0.39, 0.29) is 5.91 Å². The molecule has 1 fully saturated rings. The number of piperazine rings is 1. The maximum Gasteiger partial charge on any atom is 0.253 e. The van der Waals surface area contributed by atoms with Crippen molar-refractivity contribution in [3.05, 3.63) is 94.5 Å². The number of likely N-dealkylation sites (N-methyl/N-ethyl adjacent to an activating group) is 1. The number of halogens is 1. The topological polar surface area (TPSA) is 54.3 Å². The minimum absolute atomic E-state index is 0.103. The van der Waals surface area contributed by atoms with Crippen molar-refractivity contribution < 1.29 is 4.79 Å². The number of amides is 1. The van der Waals surface area contributed by atoms with E-state index >= 15 is 0 Å². The second-order valence-electron chi connectivity index (χ2n) is 9.04. The molecule has 0 spiro atoms. The quantitative estimate of drug-likeness (QED) is 0.313. The van der Waals surface area contributed by atoms with Gasteiger partial charge in [-0.1, -0.05) is 59.8 Å². The van der Waals surface area contributed by atoms with Crippen LogP contribution in [0, 0.1) is 6.92 Å². The van der Waals surface area contributed by atoms with Crippen LogP contribution in [0.15, 0.2) is 78.0 Å². The number of hydrogen-bond acceptors (Lipinski definition) is 5. The number of thioether (sulfide) groups is 1. The molecule has 2 heterocycles. The molecule has 0 unspecified atom stereocenters. The predicted octanol–water partition coefficient (Wildman–Crippen LogP) is 5.58. The molecule has 1 amide bonds. The number of aromatic nitrogens is 3. The number of aryl methyl sites for hydroxylation is 1. The molecule has 1 aliphatic rings. The summed E-state index contributed by atoms with van der Waals surface area (Å²) < 4.78 is 2.06. The van der Waals surface area contributed by atoms with Gasteiger partial charge in [-0.3, -0.25) is 9.36 Å². The van der Waals surface area contributed by atoms with Gasteiger partial charge in [-0.2, -0.15) is 0 Å². The Hall–Kier alpha value is -3.13. The normalized spacial score (nSPS) is 14.2. The Bertz CT molecular complexity index is 1360. The Kier molecular flexibility index (Phi) is 7.41. The van der Waals surface area contributed by atoms with Gasteiger partial charge in [-0.15, -0.1) is 10.2 Å². The molecule has 0 saturated carbocycles. The van der Waals surface area contributed by atoms with Crippen molar-refractivity contribution in [2.45, 2.75) is 17.8 Å². The van der Waals surface area contributed by atoms with Gasteiger partial charge in [0.05, 0.1) is 5.02 Å². The summed E-state index contributed by atoms with van der Waals surface area (Å²) >= 11 is 8.12. The van der Waals surface area contributed by atoms with Gasteiger partial charge in [0, 0.05) is 48.7 Å². The van der Waals surface area contributed by atoms with Crippen LogP contribution in [0.5, 0.6) is 0 Å². The lowest BCUT2D eigenvalue weighted by molar-refractivity contribution is 0.0664. The lowest BCUT2D eigenvalue weighted by atomic mass is 10.1. The number of nitrogens with zero attached hydrogens (tertiary/aromatic N) is 5. The van der Waals surface area contributed by atoms with Crippen molar-refractivity contribution in [1.82, 2.24) is 24.6 Å². The van der Waals surface area contributed by atoms with E-state index in [9.17, 15) is 4.79 Å². The van der Waals surface area contributed by atoms with Crippen molar-refractivity contribution in [3.63, 3.8) is 0 Å². The maximum absolute atomic E-state index is 12.9. The number of hydrogen-bond donors (Lipinski definition) is 0. The van der Waals surface area contributed by atoms with E-state index in [1.165, 1.54) is 0 Å². The molecular weight excluding hydrogens is 490 g/mol. The zero-order valence-electron chi connectivity index (χ0n) is 20.4. The summed E-state index contributed by atoms with van der Waals surface area (Å²) in [5.74, 6) is 1.52. The highest BCUT2D eigenvalue weighted by Gasteiger charge is 2.21. The fourth-order valence-corrected chi connectivity index (χ4v) is 5.39. The van der Waals surface area contributed by atoms with Gasteiger partial charge in [0.15, 0.2) is 11.0 Å². The smallest absolute Gasteiger partial charge is 0.253 e. The molecule has 6 nitrogen and oxygen atoms in total. The second kappa shape index (κ2) is 10.9. The maximum atomic E-state index is 12.9. The van der Waals surface area contributed by atoms with E-state index in [4.69, 9.17) is 11.6 Å². The van der Waals surface area contributed by atoms with Crippen molar-refractivity contribution in [1.29, 1.82) is 0 Å². The van der Waals surface area contributed by atoms with Gasteiger partial charge < -0.3 is 9.80 Å². The van der Waals surface area contributed by atoms with Crippen LogP contribution < -0.4 is 0 Å². The van der Waals surface area contributed by atoms with Gasteiger partial charge in [-0.05, 0) is 61.5 Å². The van der Waals surface area contributed by atoms with Gasteiger partial charge >= 0.3 is 0 Å². The highest BCUT2D eigenvalue weighted by molar-refractivity contribution is 7.98. The number of benzene rings is 3. The van der Waals surface area contributed by atoms with Crippen LogP contribution in [0.25, 0.3) is 17.1 Å². The third-order valence-corrected chi connectivity index (χ3v) is 7.70. The molecule has 0 radical (unpaired) electrons. The van der Waals surface area contributed by atoms with Crippen LogP contribution in [0.3, 0.4) is 0 Å². The van der Waals surface area contributed by atoms with Crippen molar-refractivity contribution in [3.8, 4) is 17.1 Å². The molecular formula is C28H28ClN5OS. The van der Waals surface area contributed by atoms with E-state index in [0.717, 1.165) is 59.3 Å². The number of rotatable bonds is 6. The van der Waals surface area contributed by atoms with Crippen LogP contribution in [-0.4, -0.2) is 63.7 Å².